The Labute approximate surface area is 86.3 Å². The molecule has 0 amide bonds. The van der Waals surface area contributed by atoms with Crippen molar-refractivity contribution in [1.29, 1.82) is 0 Å². The Hall–Kier alpha value is 0.270. The van der Waals surface area contributed by atoms with Crippen molar-refractivity contribution >= 4 is 12.6 Å². The van der Waals surface area contributed by atoms with E-state index in [1.165, 1.54) is 32.4 Å². The fourth-order valence-electron chi connectivity index (χ4n) is 2.60. The summed E-state index contributed by atoms with van der Waals surface area (Å²) in [7, 11) is 0. The van der Waals surface area contributed by atoms with Crippen LogP contribution >= 0.6 is 12.6 Å². The predicted molar refractivity (Wildman–Crippen MR) is 59.4 cm³/mol. The molecule has 0 bridgehead atoms. The largest absolute Gasteiger partial charge is 0.316 e. The van der Waals surface area contributed by atoms with Gasteiger partial charge in [0.2, 0.25) is 0 Å². The average Bonchev–Trinajstić information content (AvgIpc) is 2.21. The maximum Gasteiger partial charge on any atom is 0.0120 e. The van der Waals surface area contributed by atoms with Crippen LogP contribution in [0.3, 0.4) is 0 Å². The fraction of sp³-hybridized carbons (Fsp3) is 1.00. The maximum atomic E-state index is 4.74. The highest BCUT2D eigenvalue weighted by Crippen LogP contribution is 2.32. The Morgan fingerprint density at radius 3 is 3.08 bits per heavy atom. The quantitative estimate of drug-likeness (QED) is 0.509. The number of rotatable bonds is 0. The predicted octanol–water partition coefficient (Wildman–Crippen LogP) is 1.04. The third-order valence-electron chi connectivity index (χ3n) is 3.38. The van der Waals surface area contributed by atoms with E-state index in [1.807, 2.05) is 0 Å². The van der Waals surface area contributed by atoms with E-state index < -0.39 is 0 Å². The highest BCUT2D eigenvalue weighted by atomic mass is 32.1. The van der Waals surface area contributed by atoms with Crippen molar-refractivity contribution in [3.8, 4) is 0 Å². The van der Waals surface area contributed by atoms with E-state index in [1.54, 1.807) is 0 Å². The molecule has 2 aliphatic heterocycles. The average molecular weight is 200 g/mol. The topological polar surface area (TPSA) is 24.1 Å². The molecule has 0 aromatic rings. The zero-order valence-electron chi connectivity index (χ0n) is 8.34. The minimum absolute atomic E-state index is 0.242. The second-order valence-corrected chi connectivity index (χ2v) is 5.84. The van der Waals surface area contributed by atoms with Gasteiger partial charge in [0.05, 0.1) is 0 Å². The third-order valence-corrected chi connectivity index (χ3v) is 3.79. The van der Waals surface area contributed by atoms with Crippen LogP contribution in [0.4, 0.5) is 0 Å². The molecule has 0 spiro atoms. The van der Waals surface area contributed by atoms with Crippen molar-refractivity contribution in [1.82, 2.24) is 10.6 Å². The van der Waals surface area contributed by atoms with Crippen LogP contribution < -0.4 is 10.6 Å². The summed E-state index contributed by atoms with van der Waals surface area (Å²) in [5, 5.41) is 7.13. The van der Waals surface area contributed by atoms with Crippen LogP contribution in [0.2, 0.25) is 0 Å². The molecule has 76 valence electrons. The van der Waals surface area contributed by atoms with Crippen LogP contribution in [0.1, 0.15) is 26.2 Å². The summed E-state index contributed by atoms with van der Waals surface area (Å²) in [5.41, 5.74) is 0. The summed E-state index contributed by atoms with van der Waals surface area (Å²) < 4.78 is 0.242. The lowest BCUT2D eigenvalue weighted by Gasteiger charge is -2.33. The molecule has 2 N–H and O–H groups in total. The van der Waals surface area contributed by atoms with Gasteiger partial charge in [0.25, 0.3) is 0 Å². The first kappa shape index (κ1) is 9.81. The molecule has 3 atom stereocenters. The SMILES string of the molecule is CC1(S)CCNC2CCNCC2C1. The molecule has 3 heteroatoms. The van der Waals surface area contributed by atoms with Crippen LogP contribution in [0, 0.1) is 5.92 Å². The van der Waals surface area contributed by atoms with Crippen LogP contribution in [-0.2, 0) is 0 Å². The molecule has 2 saturated heterocycles. The van der Waals surface area contributed by atoms with Crippen LogP contribution in [0.5, 0.6) is 0 Å². The third kappa shape index (κ3) is 2.39. The number of nitrogens with one attached hydrogen (secondary N) is 2. The van der Waals surface area contributed by atoms with Gasteiger partial charge in [-0.25, -0.2) is 0 Å². The number of hydrogen-bond acceptors (Lipinski definition) is 3. The molecule has 13 heavy (non-hydrogen) atoms. The van der Waals surface area contributed by atoms with Crippen molar-refractivity contribution in [2.75, 3.05) is 19.6 Å². The Morgan fingerprint density at radius 1 is 1.38 bits per heavy atom. The summed E-state index contributed by atoms with van der Waals surface area (Å²) in [5.74, 6) is 0.791. The highest BCUT2D eigenvalue weighted by molar-refractivity contribution is 7.81. The minimum atomic E-state index is 0.242. The van der Waals surface area contributed by atoms with Gasteiger partial charge in [-0.1, -0.05) is 6.92 Å². The van der Waals surface area contributed by atoms with Crippen LogP contribution in [0.15, 0.2) is 0 Å². The molecule has 2 aliphatic rings. The van der Waals surface area contributed by atoms with Gasteiger partial charge in [-0.05, 0) is 44.8 Å². The number of piperidine rings is 1. The van der Waals surface area contributed by atoms with E-state index in [9.17, 15) is 0 Å². The van der Waals surface area contributed by atoms with E-state index >= 15 is 0 Å². The van der Waals surface area contributed by atoms with Gasteiger partial charge in [-0.3, -0.25) is 0 Å². The van der Waals surface area contributed by atoms with E-state index in [2.05, 4.69) is 17.6 Å². The summed E-state index contributed by atoms with van der Waals surface area (Å²) in [6, 6.07) is 0.746. The zero-order chi connectivity index (χ0) is 9.31. The first-order valence-corrected chi connectivity index (χ1v) is 5.79. The molecule has 0 aliphatic carbocycles. The number of hydrogen-bond donors (Lipinski definition) is 3. The van der Waals surface area contributed by atoms with Gasteiger partial charge in [0.1, 0.15) is 0 Å². The van der Waals surface area contributed by atoms with E-state index in [4.69, 9.17) is 12.6 Å². The molecule has 2 heterocycles. The lowest BCUT2D eigenvalue weighted by Crippen LogP contribution is -2.46. The van der Waals surface area contributed by atoms with Crippen molar-refractivity contribution in [3.05, 3.63) is 0 Å². The fourth-order valence-corrected chi connectivity index (χ4v) is 2.95. The normalized spacial score (nSPS) is 46.6. The first-order valence-electron chi connectivity index (χ1n) is 5.34. The maximum absolute atomic E-state index is 4.74. The zero-order valence-corrected chi connectivity index (χ0v) is 9.24. The monoisotopic (exact) mass is 200 g/mol. The van der Waals surface area contributed by atoms with Crippen LogP contribution in [0.25, 0.3) is 0 Å². The molecule has 0 saturated carbocycles. The van der Waals surface area contributed by atoms with Gasteiger partial charge < -0.3 is 10.6 Å². The van der Waals surface area contributed by atoms with Crippen molar-refractivity contribution < 1.29 is 0 Å². The first-order chi connectivity index (χ1) is 6.17. The molecule has 2 fully saturated rings. The molecule has 0 aromatic carbocycles. The molecule has 3 unspecified atom stereocenters. The molecule has 0 radical (unpaired) electrons. The number of thiol groups is 1. The molecular weight excluding hydrogens is 180 g/mol. The van der Waals surface area contributed by atoms with Gasteiger partial charge in [-0.2, -0.15) is 12.6 Å². The summed E-state index contributed by atoms with van der Waals surface area (Å²) >= 11 is 4.74. The van der Waals surface area contributed by atoms with E-state index in [0.717, 1.165) is 18.5 Å². The molecule has 2 nitrogen and oxygen atoms in total. The van der Waals surface area contributed by atoms with Crippen molar-refractivity contribution in [3.63, 3.8) is 0 Å². The lowest BCUT2D eigenvalue weighted by molar-refractivity contribution is 0.276. The van der Waals surface area contributed by atoms with Gasteiger partial charge >= 0.3 is 0 Å². The molecule has 2 rings (SSSR count). The molecular formula is C10H20N2S. The van der Waals surface area contributed by atoms with E-state index in [-0.39, 0.29) is 4.75 Å². The Morgan fingerprint density at radius 2 is 2.23 bits per heavy atom. The minimum Gasteiger partial charge on any atom is -0.316 e. The second kappa shape index (κ2) is 3.79. The lowest BCUT2D eigenvalue weighted by atomic mass is 9.86. The van der Waals surface area contributed by atoms with Crippen molar-refractivity contribution in [2.45, 2.75) is 37.0 Å². The molecule has 0 aromatic heterocycles. The van der Waals surface area contributed by atoms with Gasteiger partial charge in [-0.15, -0.1) is 0 Å². The van der Waals surface area contributed by atoms with Crippen molar-refractivity contribution in [2.24, 2.45) is 5.92 Å². The van der Waals surface area contributed by atoms with Gasteiger partial charge in [0.15, 0.2) is 0 Å². The van der Waals surface area contributed by atoms with Gasteiger partial charge in [0, 0.05) is 10.8 Å². The Balaban J connectivity index is 2.03. The Kier molecular flexibility index (Phi) is 2.86. The Bertz CT molecular complexity index is 182. The number of fused-ring (bicyclic) bond motifs is 1. The standard InChI is InChI=1S/C10H20N2S/c1-10(13)3-5-12-9-2-4-11-7-8(9)6-10/h8-9,11-13H,2-7H2,1H3. The summed E-state index contributed by atoms with van der Waals surface area (Å²) in [4.78, 5) is 0. The summed E-state index contributed by atoms with van der Waals surface area (Å²) in [6.45, 7) is 5.77. The summed E-state index contributed by atoms with van der Waals surface area (Å²) in [6.07, 6.45) is 3.73. The highest BCUT2D eigenvalue weighted by Gasteiger charge is 2.33. The van der Waals surface area contributed by atoms with E-state index in [0.29, 0.717) is 0 Å². The smallest absolute Gasteiger partial charge is 0.0120 e. The van der Waals surface area contributed by atoms with Crippen LogP contribution in [-0.4, -0.2) is 30.4 Å². The second-order valence-electron chi connectivity index (χ2n) is 4.76.